The molecule has 0 spiro atoms. The molecule has 4 aliphatic rings. The number of hydrogen-bond donors (Lipinski definition) is 1. The number of nitrogens with one attached hydrogen (secondary N) is 1. The fourth-order valence-electron chi connectivity index (χ4n) is 6.07. The molecular weight excluding hydrogens is 390 g/mol. The third kappa shape index (κ3) is 3.57. The SMILES string of the molecule is Cc1cc(Cl)ccc1OCc1csc(C(=O)NC23CC4CC(CC(C4)C2)C3)c1. The number of amides is 1. The van der Waals surface area contributed by atoms with E-state index >= 15 is 0 Å². The highest BCUT2D eigenvalue weighted by Crippen LogP contribution is 2.55. The Morgan fingerprint density at radius 1 is 1.18 bits per heavy atom. The summed E-state index contributed by atoms with van der Waals surface area (Å²) in [7, 11) is 0. The second-order valence-corrected chi connectivity index (χ2v) is 10.5. The molecule has 0 radical (unpaired) electrons. The lowest BCUT2D eigenvalue weighted by Crippen LogP contribution is -2.59. The minimum Gasteiger partial charge on any atom is -0.489 e. The van der Waals surface area contributed by atoms with Crippen LogP contribution in [-0.2, 0) is 6.61 Å². The smallest absolute Gasteiger partial charge is 0.261 e. The van der Waals surface area contributed by atoms with Crippen molar-refractivity contribution in [1.82, 2.24) is 5.32 Å². The predicted molar refractivity (Wildman–Crippen MR) is 113 cm³/mol. The molecule has 2 aromatic rings. The highest BCUT2D eigenvalue weighted by Gasteiger charge is 2.51. The topological polar surface area (TPSA) is 38.3 Å². The molecule has 148 valence electrons. The van der Waals surface area contributed by atoms with Crippen LogP contribution in [0.15, 0.2) is 29.6 Å². The Balaban J connectivity index is 1.23. The first-order chi connectivity index (χ1) is 13.5. The number of benzene rings is 1. The summed E-state index contributed by atoms with van der Waals surface area (Å²) < 4.78 is 5.92. The van der Waals surface area contributed by atoms with Gasteiger partial charge in [-0.1, -0.05) is 11.6 Å². The molecule has 1 aromatic carbocycles. The average Bonchev–Trinajstić information content (AvgIpc) is 3.08. The van der Waals surface area contributed by atoms with Gasteiger partial charge in [-0.05, 0) is 98.4 Å². The maximum Gasteiger partial charge on any atom is 0.261 e. The predicted octanol–water partition coefficient (Wildman–Crippen LogP) is 5.99. The Morgan fingerprint density at radius 3 is 2.50 bits per heavy atom. The Bertz CT molecular complexity index is 870. The van der Waals surface area contributed by atoms with Crippen molar-refractivity contribution in [2.75, 3.05) is 0 Å². The summed E-state index contributed by atoms with van der Waals surface area (Å²) in [4.78, 5) is 13.7. The number of halogens is 1. The van der Waals surface area contributed by atoms with Crippen LogP contribution in [0.2, 0.25) is 5.02 Å². The molecule has 1 heterocycles. The van der Waals surface area contributed by atoms with Gasteiger partial charge in [0.25, 0.3) is 5.91 Å². The lowest BCUT2D eigenvalue weighted by atomic mass is 9.53. The van der Waals surface area contributed by atoms with Crippen LogP contribution < -0.4 is 10.1 Å². The molecule has 1 N–H and O–H groups in total. The van der Waals surface area contributed by atoms with Crippen LogP contribution >= 0.6 is 22.9 Å². The molecule has 4 saturated carbocycles. The van der Waals surface area contributed by atoms with E-state index in [1.165, 1.54) is 49.9 Å². The third-order valence-electron chi connectivity index (χ3n) is 6.83. The van der Waals surface area contributed by atoms with Crippen molar-refractivity contribution in [2.24, 2.45) is 17.8 Å². The first kappa shape index (κ1) is 18.5. The number of carbonyl (C=O) groups is 1. The van der Waals surface area contributed by atoms with Crippen LogP contribution in [0.1, 0.15) is 59.3 Å². The normalized spacial score (nSPS) is 30.4. The van der Waals surface area contributed by atoms with E-state index in [2.05, 4.69) is 5.32 Å². The van der Waals surface area contributed by atoms with E-state index in [0.717, 1.165) is 39.5 Å². The standard InChI is InChI=1S/C23H26ClNO2S/c1-14-4-19(24)2-3-20(14)27-12-18-8-21(28-13-18)22(26)25-23-9-15-5-16(10-23)7-17(6-15)11-23/h2-4,8,13,15-17H,5-7,9-12H2,1H3,(H,25,26). The lowest BCUT2D eigenvalue weighted by Gasteiger charge is -2.56. The minimum atomic E-state index is 0.0624. The van der Waals surface area contributed by atoms with Gasteiger partial charge in [0.1, 0.15) is 12.4 Å². The van der Waals surface area contributed by atoms with Gasteiger partial charge in [0.15, 0.2) is 0 Å². The molecule has 4 fully saturated rings. The zero-order chi connectivity index (χ0) is 19.3. The summed E-state index contributed by atoms with van der Waals surface area (Å²) in [5.41, 5.74) is 2.12. The fraction of sp³-hybridized carbons (Fsp3) is 0.522. The van der Waals surface area contributed by atoms with Crippen LogP contribution in [0.3, 0.4) is 0 Å². The monoisotopic (exact) mass is 415 g/mol. The largest absolute Gasteiger partial charge is 0.489 e. The molecule has 5 heteroatoms. The van der Waals surface area contributed by atoms with E-state index < -0.39 is 0 Å². The van der Waals surface area contributed by atoms with Crippen molar-refractivity contribution in [3.05, 3.63) is 50.7 Å². The Kier molecular flexibility index (Phi) is 4.67. The highest BCUT2D eigenvalue weighted by atomic mass is 35.5. The van der Waals surface area contributed by atoms with Gasteiger partial charge in [0, 0.05) is 16.1 Å². The van der Waals surface area contributed by atoms with Crippen LogP contribution in [-0.4, -0.2) is 11.4 Å². The minimum absolute atomic E-state index is 0.0624. The Morgan fingerprint density at radius 2 is 1.86 bits per heavy atom. The second kappa shape index (κ2) is 7.07. The zero-order valence-corrected chi connectivity index (χ0v) is 17.7. The number of aryl methyl sites for hydroxylation is 1. The molecule has 4 bridgehead atoms. The Hall–Kier alpha value is -1.52. The van der Waals surface area contributed by atoms with Crippen LogP contribution in [0.5, 0.6) is 5.75 Å². The summed E-state index contributed by atoms with van der Waals surface area (Å²) in [6, 6.07) is 7.60. The van der Waals surface area contributed by atoms with E-state index in [1.807, 2.05) is 36.6 Å². The quantitative estimate of drug-likeness (QED) is 0.651. The van der Waals surface area contributed by atoms with Crippen molar-refractivity contribution in [3.63, 3.8) is 0 Å². The van der Waals surface area contributed by atoms with Gasteiger partial charge in [0.05, 0.1) is 4.88 Å². The first-order valence-corrected chi connectivity index (χ1v) is 11.5. The molecule has 1 amide bonds. The molecule has 3 nitrogen and oxygen atoms in total. The molecule has 4 aliphatic carbocycles. The summed E-state index contributed by atoms with van der Waals surface area (Å²) in [6.45, 7) is 2.45. The zero-order valence-electron chi connectivity index (χ0n) is 16.2. The van der Waals surface area contributed by atoms with Crippen LogP contribution in [0.4, 0.5) is 0 Å². The van der Waals surface area contributed by atoms with Gasteiger partial charge in [-0.25, -0.2) is 0 Å². The van der Waals surface area contributed by atoms with Crippen LogP contribution in [0, 0.1) is 24.7 Å². The van der Waals surface area contributed by atoms with Gasteiger partial charge in [-0.15, -0.1) is 11.3 Å². The summed E-state index contributed by atoms with van der Waals surface area (Å²) in [6.07, 6.45) is 7.71. The second-order valence-electron chi connectivity index (χ2n) is 9.17. The van der Waals surface area contributed by atoms with E-state index in [9.17, 15) is 4.79 Å². The lowest BCUT2D eigenvalue weighted by molar-refractivity contribution is -0.0166. The summed E-state index contributed by atoms with van der Waals surface area (Å²) in [5, 5.41) is 6.20. The molecule has 28 heavy (non-hydrogen) atoms. The molecule has 0 aliphatic heterocycles. The number of carbonyl (C=O) groups excluding carboxylic acids is 1. The van der Waals surface area contributed by atoms with Gasteiger partial charge < -0.3 is 10.1 Å². The number of ether oxygens (including phenoxy) is 1. The van der Waals surface area contributed by atoms with Crippen LogP contribution in [0.25, 0.3) is 0 Å². The van der Waals surface area contributed by atoms with Crippen molar-refractivity contribution in [2.45, 2.75) is 57.6 Å². The van der Waals surface area contributed by atoms with Gasteiger partial charge in [-0.3, -0.25) is 4.79 Å². The van der Waals surface area contributed by atoms with Crippen molar-refractivity contribution >= 4 is 28.8 Å². The molecule has 0 saturated heterocycles. The fourth-order valence-corrected chi connectivity index (χ4v) is 7.09. The molecule has 6 rings (SSSR count). The maximum absolute atomic E-state index is 13.0. The molecule has 0 atom stereocenters. The van der Waals surface area contributed by atoms with Crippen molar-refractivity contribution in [1.29, 1.82) is 0 Å². The van der Waals surface area contributed by atoms with Gasteiger partial charge in [0.2, 0.25) is 0 Å². The summed E-state index contributed by atoms with van der Waals surface area (Å²) in [5.74, 6) is 3.43. The first-order valence-electron chi connectivity index (χ1n) is 10.3. The molecule has 0 unspecified atom stereocenters. The van der Waals surface area contributed by atoms with E-state index in [-0.39, 0.29) is 11.4 Å². The molecular formula is C23H26ClNO2S. The van der Waals surface area contributed by atoms with Crippen molar-refractivity contribution in [3.8, 4) is 5.75 Å². The maximum atomic E-state index is 13.0. The van der Waals surface area contributed by atoms with E-state index in [1.54, 1.807) is 0 Å². The number of hydrogen-bond acceptors (Lipinski definition) is 3. The highest BCUT2D eigenvalue weighted by molar-refractivity contribution is 7.12. The number of rotatable bonds is 5. The number of thiophene rings is 1. The van der Waals surface area contributed by atoms with Gasteiger partial charge >= 0.3 is 0 Å². The summed E-state index contributed by atoms with van der Waals surface area (Å²) >= 11 is 7.52. The van der Waals surface area contributed by atoms with E-state index in [0.29, 0.717) is 11.6 Å². The van der Waals surface area contributed by atoms with E-state index in [4.69, 9.17) is 16.3 Å². The third-order valence-corrected chi connectivity index (χ3v) is 8.04. The molecule has 1 aromatic heterocycles. The Labute approximate surface area is 175 Å². The van der Waals surface area contributed by atoms with Crippen molar-refractivity contribution < 1.29 is 9.53 Å². The average molecular weight is 416 g/mol. The van der Waals surface area contributed by atoms with Gasteiger partial charge in [-0.2, -0.15) is 0 Å².